The van der Waals surface area contributed by atoms with Crippen LogP contribution in [0.25, 0.3) is 10.8 Å². The molecule has 2 saturated carbocycles. The Hall–Kier alpha value is -3.23. The number of aromatic nitrogens is 1. The Balaban J connectivity index is 1.26. The summed E-state index contributed by atoms with van der Waals surface area (Å²) in [6.45, 7) is 0.00498. The van der Waals surface area contributed by atoms with Crippen molar-refractivity contribution in [2.24, 2.45) is 17.8 Å². The molecule has 4 aromatic rings. The first-order valence-electron chi connectivity index (χ1n) is 13.5. The molecule has 200 valence electrons. The summed E-state index contributed by atoms with van der Waals surface area (Å²) in [5, 5.41) is 6.54. The van der Waals surface area contributed by atoms with Crippen LogP contribution in [0, 0.1) is 17.8 Å². The smallest absolute Gasteiger partial charge is 0.308 e. The van der Waals surface area contributed by atoms with Gasteiger partial charge in [-0.25, -0.2) is 0 Å². The van der Waals surface area contributed by atoms with E-state index in [1.807, 2.05) is 60.3 Å². The number of carbonyl (C=O) groups excluding carboxylic acids is 1. The summed E-state index contributed by atoms with van der Waals surface area (Å²) in [5.74, 6) is 3.14. The Labute approximate surface area is 235 Å². The van der Waals surface area contributed by atoms with Crippen molar-refractivity contribution < 1.29 is 14.3 Å². The summed E-state index contributed by atoms with van der Waals surface area (Å²) in [5.41, 5.74) is 1.92. The maximum atomic E-state index is 13.4. The highest BCUT2D eigenvalue weighted by atomic mass is 32.2. The van der Waals surface area contributed by atoms with Gasteiger partial charge in [0.2, 0.25) is 5.91 Å². The monoisotopic (exact) mass is 558 g/mol. The summed E-state index contributed by atoms with van der Waals surface area (Å²) in [6.07, 6.45) is 3.77. The first-order chi connectivity index (χ1) is 19.1. The van der Waals surface area contributed by atoms with Crippen LogP contribution in [-0.4, -0.2) is 29.9 Å². The molecule has 3 aromatic carbocycles. The summed E-state index contributed by atoms with van der Waals surface area (Å²) in [6, 6.07) is 20.0. The van der Waals surface area contributed by atoms with Crippen molar-refractivity contribution in [2.75, 3.05) is 19.5 Å². The Kier molecular flexibility index (Phi) is 6.20. The number of thiazole rings is 1. The first-order valence-corrected chi connectivity index (χ1v) is 15.1. The third-order valence-corrected chi connectivity index (χ3v) is 11.6. The Morgan fingerprint density at radius 2 is 1.79 bits per heavy atom. The van der Waals surface area contributed by atoms with Gasteiger partial charge in [0.25, 0.3) is 0 Å². The van der Waals surface area contributed by atoms with Gasteiger partial charge < -0.3 is 14.8 Å². The van der Waals surface area contributed by atoms with Crippen LogP contribution < -0.4 is 19.7 Å². The number of hydrogen-bond acceptors (Lipinski definition) is 6. The minimum atomic E-state index is -0.188. The SMILES string of the molecule is COc1ccc([C@H]2c3sc(=O)n(CC(=O)Nc4cccc5ccccc45)c3SC3C4CCC(C4)C32)cc1OC. The van der Waals surface area contributed by atoms with E-state index in [2.05, 4.69) is 17.4 Å². The van der Waals surface area contributed by atoms with E-state index in [0.29, 0.717) is 34.5 Å². The zero-order valence-electron chi connectivity index (χ0n) is 21.9. The van der Waals surface area contributed by atoms with Crippen molar-refractivity contribution in [1.29, 1.82) is 0 Å². The number of ether oxygens (including phenoxy) is 2. The number of hydrogen-bond donors (Lipinski definition) is 1. The molecule has 0 spiro atoms. The summed E-state index contributed by atoms with van der Waals surface area (Å²) in [7, 11) is 3.31. The molecule has 0 radical (unpaired) electrons. The zero-order valence-corrected chi connectivity index (χ0v) is 23.5. The number of methoxy groups -OCH3 is 2. The van der Waals surface area contributed by atoms with Gasteiger partial charge in [0.15, 0.2) is 11.5 Å². The molecule has 5 atom stereocenters. The molecular formula is C31H30N2O4S2. The predicted octanol–water partition coefficient (Wildman–Crippen LogP) is 6.37. The second kappa shape index (κ2) is 9.75. The molecular weight excluding hydrogens is 528 g/mol. The first kappa shape index (κ1) is 24.8. The van der Waals surface area contributed by atoms with Crippen LogP contribution in [0.4, 0.5) is 5.69 Å². The van der Waals surface area contributed by atoms with Crippen LogP contribution in [0.5, 0.6) is 11.5 Å². The van der Waals surface area contributed by atoms with Crippen molar-refractivity contribution in [3.05, 3.63) is 80.8 Å². The molecule has 0 saturated heterocycles. The van der Waals surface area contributed by atoms with Crippen molar-refractivity contribution in [3.63, 3.8) is 0 Å². The van der Waals surface area contributed by atoms with Crippen LogP contribution in [0.2, 0.25) is 0 Å². The second-order valence-electron chi connectivity index (χ2n) is 10.8. The van der Waals surface area contributed by atoms with Gasteiger partial charge in [-0.05, 0) is 66.2 Å². The number of anilines is 1. The third kappa shape index (κ3) is 4.07. The van der Waals surface area contributed by atoms with Crippen LogP contribution in [-0.2, 0) is 11.3 Å². The fourth-order valence-corrected chi connectivity index (χ4v) is 10.3. The average molecular weight is 559 g/mol. The van der Waals surface area contributed by atoms with Crippen LogP contribution in [0.1, 0.15) is 35.6 Å². The number of benzene rings is 3. The van der Waals surface area contributed by atoms with Crippen LogP contribution in [0.15, 0.2) is 70.5 Å². The van der Waals surface area contributed by atoms with Gasteiger partial charge >= 0.3 is 4.87 Å². The highest BCUT2D eigenvalue weighted by Crippen LogP contribution is 2.64. The molecule has 6 nitrogen and oxygen atoms in total. The fourth-order valence-electron chi connectivity index (χ4n) is 7.17. The maximum Gasteiger partial charge on any atom is 0.308 e. The minimum Gasteiger partial charge on any atom is -0.493 e. The Morgan fingerprint density at radius 1 is 1.00 bits per heavy atom. The van der Waals surface area contributed by atoms with Gasteiger partial charge in [-0.2, -0.15) is 0 Å². The molecule has 39 heavy (non-hydrogen) atoms. The standard InChI is InChI=1S/C31H30N2O4S2/c1-36-23-13-12-19(15-24(23)37-2)27-26-18-10-11-20(14-18)28(26)38-30-29(27)39-31(35)33(30)16-25(34)32-22-9-5-7-17-6-3-4-8-21(17)22/h3-9,12-13,15,18,20,26-28H,10-11,14,16H2,1-2H3,(H,32,34)/t18?,20?,26?,27-,28?/m1/s1. The molecule has 1 N–H and O–H groups in total. The lowest BCUT2D eigenvalue weighted by atomic mass is 9.75. The van der Waals surface area contributed by atoms with Gasteiger partial charge in [0.1, 0.15) is 6.54 Å². The largest absolute Gasteiger partial charge is 0.493 e. The molecule has 3 aliphatic rings. The van der Waals surface area contributed by atoms with Gasteiger partial charge in [-0.15, -0.1) is 11.8 Å². The van der Waals surface area contributed by atoms with Crippen molar-refractivity contribution in [1.82, 2.24) is 4.57 Å². The second-order valence-corrected chi connectivity index (χ2v) is 12.9. The number of thioether (sulfide) groups is 1. The van der Waals surface area contributed by atoms with Crippen molar-refractivity contribution in [2.45, 2.75) is 42.0 Å². The van der Waals surface area contributed by atoms with Crippen molar-refractivity contribution in [3.8, 4) is 11.5 Å². The molecule has 2 aliphatic carbocycles. The van der Waals surface area contributed by atoms with Crippen LogP contribution in [0.3, 0.4) is 0 Å². The summed E-state index contributed by atoms with van der Waals surface area (Å²) >= 11 is 3.15. The quantitative estimate of drug-likeness (QED) is 0.298. The van der Waals surface area contributed by atoms with E-state index in [0.717, 1.165) is 31.9 Å². The molecule has 2 fully saturated rings. The zero-order chi connectivity index (χ0) is 26.7. The van der Waals surface area contributed by atoms with E-state index in [-0.39, 0.29) is 23.2 Å². The normalized spacial score (nSPS) is 24.8. The summed E-state index contributed by atoms with van der Waals surface area (Å²) < 4.78 is 12.9. The van der Waals surface area contributed by atoms with E-state index in [1.165, 1.54) is 30.6 Å². The number of rotatable bonds is 6. The lowest BCUT2D eigenvalue weighted by Crippen LogP contribution is -2.34. The Morgan fingerprint density at radius 3 is 2.64 bits per heavy atom. The number of nitrogens with zero attached hydrogens (tertiary/aromatic N) is 1. The fraction of sp³-hybridized carbons (Fsp3) is 0.355. The number of amides is 1. The number of fused-ring (bicyclic) bond motifs is 7. The molecule has 7 rings (SSSR count). The highest BCUT2D eigenvalue weighted by Gasteiger charge is 2.55. The number of carbonyl (C=O) groups is 1. The van der Waals surface area contributed by atoms with E-state index in [1.54, 1.807) is 18.8 Å². The number of nitrogens with one attached hydrogen (secondary N) is 1. The molecule has 2 bridgehead atoms. The van der Waals surface area contributed by atoms with Gasteiger partial charge in [-0.1, -0.05) is 53.8 Å². The highest BCUT2D eigenvalue weighted by molar-refractivity contribution is 8.00. The Bertz CT molecular complexity index is 1640. The lowest BCUT2D eigenvalue weighted by molar-refractivity contribution is -0.116. The third-order valence-electron chi connectivity index (χ3n) is 8.82. The van der Waals surface area contributed by atoms with Gasteiger partial charge in [-0.3, -0.25) is 14.2 Å². The van der Waals surface area contributed by atoms with Gasteiger partial charge in [0.05, 0.1) is 19.2 Å². The molecule has 4 unspecified atom stereocenters. The molecule has 8 heteroatoms. The van der Waals surface area contributed by atoms with E-state index >= 15 is 0 Å². The van der Waals surface area contributed by atoms with E-state index < -0.39 is 0 Å². The molecule has 2 heterocycles. The van der Waals surface area contributed by atoms with Crippen molar-refractivity contribution >= 4 is 45.5 Å². The molecule has 1 amide bonds. The van der Waals surface area contributed by atoms with E-state index in [9.17, 15) is 9.59 Å². The maximum absolute atomic E-state index is 13.4. The summed E-state index contributed by atoms with van der Waals surface area (Å²) in [4.78, 5) is 27.8. The van der Waals surface area contributed by atoms with E-state index in [4.69, 9.17) is 9.47 Å². The lowest BCUT2D eigenvalue weighted by Gasteiger charge is -2.40. The predicted molar refractivity (Wildman–Crippen MR) is 157 cm³/mol. The topological polar surface area (TPSA) is 69.6 Å². The van der Waals surface area contributed by atoms with Crippen LogP contribution >= 0.6 is 23.1 Å². The molecule has 1 aromatic heterocycles. The average Bonchev–Trinajstić information content (AvgIpc) is 3.66. The minimum absolute atomic E-state index is 0.00498. The van der Waals surface area contributed by atoms with Gasteiger partial charge in [0, 0.05) is 27.1 Å². The molecule has 1 aliphatic heterocycles.